The van der Waals surface area contributed by atoms with Crippen LogP contribution in [0.4, 0.5) is 0 Å². The van der Waals surface area contributed by atoms with Crippen LogP contribution >= 0.6 is 11.6 Å². The van der Waals surface area contributed by atoms with Gasteiger partial charge in [-0.15, -0.1) is 5.06 Å². The number of fused-ring (bicyclic) bond motifs is 1. The van der Waals surface area contributed by atoms with Gasteiger partial charge in [-0.1, -0.05) is 23.7 Å². The van der Waals surface area contributed by atoms with Crippen LogP contribution in [0.25, 0.3) is 6.08 Å². The predicted octanol–water partition coefficient (Wildman–Crippen LogP) is 4.87. The summed E-state index contributed by atoms with van der Waals surface area (Å²) in [6, 6.07) is 9.33. The number of nitrogens with zero attached hydrogens (tertiary/aromatic N) is 2. The summed E-state index contributed by atoms with van der Waals surface area (Å²) in [5.41, 5.74) is 2.78. The number of ether oxygens (including phenoxy) is 3. The first kappa shape index (κ1) is 23.4. The normalized spacial score (nSPS) is 16.1. The highest BCUT2D eigenvalue weighted by Gasteiger charge is 2.34. The number of rotatable bonds is 7. The lowest BCUT2D eigenvalue weighted by Gasteiger charge is -2.23. The van der Waals surface area contributed by atoms with Crippen LogP contribution in [-0.2, 0) is 9.63 Å². The first-order valence-electron chi connectivity index (χ1n) is 10.6. The molecule has 8 nitrogen and oxygen atoms in total. The maximum absolute atomic E-state index is 12.5. The molecule has 2 heterocycles. The second kappa shape index (κ2) is 9.61. The fourth-order valence-corrected chi connectivity index (χ4v) is 3.76. The molecule has 1 N–H and O–H groups in total. The average molecular weight is 482 g/mol. The molecular formula is C25H24ClN3O5. The zero-order valence-electron chi connectivity index (χ0n) is 19.3. The molecule has 176 valence electrons. The molecule has 0 radical (unpaired) electrons. The molecule has 2 aromatic rings. The van der Waals surface area contributed by atoms with Crippen molar-refractivity contribution in [1.82, 2.24) is 5.06 Å². The number of amides is 1. The van der Waals surface area contributed by atoms with Crippen LogP contribution < -0.4 is 14.2 Å². The van der Waals surface area contributed by atoms with Gasteiger partial charge in [-0.3, -0.25) is 10.2 Å². The average Bonchev–Trinajstić information content (AvgIpc) is 3.17. The van der Waals surface area contributed by atoms with Crippen molar-refractivity contribution in [3.8, 4) is 17.2 Å². The predicted molar refractivity (Wildman–Crippen MR) is 130 cm³/mol. The summed E-state index contributed by atoms with van der Waals surface area (Å²) >= 11 is 6.47. The van der Waals surface area contributed by atoms with E-state index in [1.54, 1.807) is 25.1 Å². The van der Waals surface area contributed by atoms with Gasteiger partial charge < -0.3 is 19.0 Å². The van der Waals surface area contributed by atoms with Crippen LogP contribution in [0.15, 0.2) is 52.7 Å². The smallest absolute Gasteiger partial charge is 0.282 e. The van der Waals surface area contributed by atoms with E-state index in [-0.39, 0.29) is 23.9 Å². The van der Waals surface area contributed by atoms with Gasteiger partial charge in [-0.2, -0.15) is 4.99 Å². The van der Waals surface area contributed by atoms with Gasteiger partial charge in [-0.05, 0) is 61.7 Å². The first-order chi connectivity index (χ1) is 16.3. The third kappa shape index (κ3) is 4.77. The number of methoxy groups -OCH3 is 1. The van der Waals surface area contributed by atoms with E-state index in [0.717, 1.165) is 16.9 Å². The Labute approximate surface area is 202 Å². The Morgan fingerprint density at radius 3 is 2.65 bits per heavy atom. The van der Waals surface area contributed by atoms with E-state index in [9.17, 15) is 4.79 Å². The summed E-state index contributed by atoms with van der Waals surface area (Å²) in [7, 11) is 1.50. The second-order valence-corrected chi connectivity index (χ2v) is 8.23. The maximum atomic E-state index is 12.5. The van der Waals surface area contributed by atoms with Crippen molar-refractivity contribution in [2.75, 3.05) is 20.3 Å². The van der Waals surface area contributed by atoms with Crippen LogP contribution in [0.5, 0.6) is 17.2 Å². The first-order valence-corrected chi connectivity index (χ1v) is 10.9. The van der Waals surface area contributed by atoms with Crippen molar-refractivity contribution in [3.05, 3.63) is 69.5 Å². The molecule has 0 spiro atoms. The second-order valence-electron chi connectivity index (χ2n) is 7.82. The van der Waals surface area contributed by atoms with E-state index in [4.69, 9.17) is 36.1 Å². The van der Waals surface area contributed by atoms with Crippen LogP contribution in [-0.4, -0.2) is 43.0 Å². The van der Waals surface area contributed by atoms with Crippen molar-refractivity contribution in [1.29, 1.82) is 5.41 Å². The van der Waals surface area contributed by atoms with E-state index in [2.05, 4.69) is 4.99 Å². The lowest BCUT2D eigenvalue weighted by Crippen LogP contribution is -2.38. The van der Waals surface area contributed by atoms with Crippen LogP contribution in [0.3, 0.4) is 0 Å². The van der Waals surface area contributed by atoms with Gasteiger partial charge in [0.25, 0.3) is 5.91 Å². The van der Waals surface area contributed by atoms with Gasteiger partial charge in [0.05, 0.1) is 17.7 Å². The number of nitrogens with one attached hydrogen (secondary N) is 1. The summed E-state index contributed by atoms with van der Waals surface area (Å²) in [4.78, 5) is 21.9. The standard InChI is InChI=1S/C25H24ClN3O5/c1-14-5-6-15(2)20(9-14)32-7-8-33-23-19(26)12-17(13-21(23)31-4)11-18-24(27)29-22(28-25(18)30)10-16(3)34-29/h5-6,9-13,27H,7-8H2,1-4H3/b18-11-,27-24?. The Morgan fingerprint density at radius 1 is 1.12 bits per heavy atom. The van der Waals surface area contributed by atoms with Gasteiger partial charge in [-0.25, -0.2) is 0 Å². The molecule has 9 heteroatoms. The molecule has 0 fully saturated rings. The van der Waals surface area contributed by atoms with Crippen molar-refractivity contribution >= 4 is 35.3 Å². The minimum atomic E-state index is -0.537. The number of amidine groups is 2. The number of hydroxylamine groups is 2. The molecule has 0 aromatic heterocycles. The summed E-state index contributed by atoms with van der Waals surface area (Å²) < 4.78 is 17.1. The SMILES string of the molecule is COc1cc(/C=C2/C(=N)N3OC(C)=CC3=NC2=O)cc(Cl)c1OCCOc1cc(C)ccc1C. The Hall–Kier alpha value is -3.78. The molecule has 34 heavy (non-hydrogen) atoms. The summed E-state index contributed by atoms with van der Waals surface area (Å²) in [5.74, 6) is 1.75. The summed E-state index contributed by atoms with van der Waals surface area (Å²) in [5, 5.41) is 9.85. The van der Waals surface area contributed by atoms with Gasteiger partial charge in [0.2, 0.25) is 0 Å². The molecule has 2 aliphatic rings. The minimum absolute atomic E-state index is 0.0700. The Bertz CT molecular complexity index is 1270. The molecule has 2 aliphatic heterocycles. The lowest BCUT2D eigenvalue weighted by molar-refractivity contribution is -0.114. The summed E-state index contributed by atoms with van der Waals surface area (Å²) in [6.45, 7) is 6.29. The fourth-order valence-electron chi connectivity index (χ4n) is 3.49. The zero-order chi connectivity index (χ0) is 24.4. The van der Waals surface area contributed by atoms with Crippen LogP contribution in [0.2, 0.25) is 5.02 Å². The molecule has 0 saturated heterocycles. The fraction of sp³-hybridized carbons (Fsp3) is 0.240. The van der Waals surface area contributed by atoms with Gasteiger partial charge in [0.15, 0.2) is 23.2 Å². The number of halogens is 1. The molecule has 2 aromatic carbocycles. The number of hydrogen-bond acceptors (Lipinski definition) is 6. The molecule has 0 saturated carbocycles. The number of carbonyl (C=O) groups is 1. The van der Waals surface area contributed by atoms with Gasteiger partial charge in [0.1, 0.15) is 24.7 Å². The van der Waals surface area contributed by atoms with Gasteiger partial charge >= 0.3 is 0 Å². The monoisotopic (exact) mass is 481 g/mol. The molecule has 0 aliphatic carbocycles. The molecule has 1 amide bonds. The number of hydrogen-bond donors (Lipinski definition) is 1. The molecular weight excluding hydrogens is 458 g/mol. The van der Waals surface area contributed by atoms with E-state index < -0.39 is 5.91 Å². The lowest BCUT2D eigenvalue weighted by atomic mass is 10.1. The summed E-state index contributed by atoms with van der Waals surface area (Å²) in [6.07, 6.45) is 3.11. The minimum Gasteiger partial charge on any atom is -0.493 e. The van der Waals surface area contributed by atoms with E-state index in [1.807, 2.05) is 32.0 Å². The molecule has 0 bridgehead atoms. The van der Waals surface area contributed by atoms with Crippen molar-refractivity contribution in [3.63, 3.8) is 0 Å². The van der Waals surface area contributed by atoms with Crippen LogP contribution in [0.1, 0.15) is 23.6 Å². The number of carbonyl (C=O) groups excluding carboxylic acids is 1. The third-order valence-corrected chi connectivity index (χ3v) is 5.45. The topological polar surface area (TPSA) is 93.4 Å². The Balaban J connectivity index is 1.48. The van der Waals surface area contributed by atoms with Crippen molar-refractivity contribution in [2.24, 2.45) is 4.99 Å². The highest BCUT2D eigenvalue weighted by molar-refractivity contribution is 6.33. The number of allylic oxidation sites excluding steroid dienone is 1. The third-order valence-electron chi connectivity index (χ3n) is 5.17. The quantitative estimate of drug-likeness (QED) is 0.447. The largest absolute Gasteiger partial charge is 0.493 e. The van der Waals surface area contributed by atoms with E-state index >= 15 is 0 Å². The van der Waals surface area contributed by atoms with Crippen molar-refractivity contribution in [2.45, 2.75) is 20.8 Å². The zero-order valence-corrected chi connectivity index (χ0v) is 20.0. The highest BCUT2D eigenvalue weighted by atomic mass is 35.5. The number of aryl methyl sites for hydroxylation is 2. The number of aliphatic imine (C=N–C) groups is 1. The molecule has 0 atom stereocenters. The van der Waals surface area contributed by atoms with E-state index in [1.165, 1.54) is 18.2 Å². The van der Waals surface area contributed by atoms with Gasteiger partial charge in [0, 0.05) is 6.08 Å². The van der Waals surface area contributed by atoms with Crippen LogP contribution in [0, 0.1) is 19.3 Å². The molecule has 0 unspecified atom stereocenters. The molecule has 4 rings (SSSR count). The Kier molecular flexibility index (Phi) is 6.61. The number of benzene rings is 2. The maximum Gasteiger partial charge on any atom is 0.282 e. The van der Waals surface area contributed by atoms with Crippen molar-refractivity contribution < 1.29 is 23.8 Å². The highest BCUT2D eigenvalue weighted by Crippen LogP contribution is 2.37. The van der Waals surface area contributed by atoms with E-state index in [0.29, 0.717) is 34.5 Å². The Morgan fingerprint density at radius 2 is 1.88 bits per heavy atom.